The number of nitrogens with one attached hydrogen (secondary N) is 1. The van der Waals surface area contributed by atoms with Gasteiger partial charge in [0.1, 0.15) is 5.69 Å². The van der Waals surface area contributed by atoms with E-state index in [2.05, 4.69) is 20.4 Å². The molecule has 0 aliphatic heterocycles. The number of aromatic amines is 1. The van der Waals surface area contributed by atoms with Crippen LogP contribution in [0.3, 0.4) is 0 Å². The van der Waals surface area contributed by atoms with Crippen molar-refractivity contribution in [1.29, 1.82) is 0 Å². The van der Waals surface area contributed by atoms with Crippen molar-refractivity contribution >= 4 is 5.69 Å². The summed E-state index contributed by atoms with van der Waals surface area (Å²) in [7, 11) is 1.63. The molecule has 0 fully saturated rings. The summed E-state index contributed by atoms with van der Waals surface area (Å²) >= 11 is 0. The minimum absolute atomic E-state index is 0.803. The lowest BCUT2D eigenvalue weighted by atomic mass is 10.4. The fraction of sp³-hybridized carbons (Fsp3) is 0.400. The van der Waals surface area contributed by atoms with E-state index in [0.29, 0.717) is 0 Å². The number of hydrogen-bond acceptors (Lipinski definition) is 3. The Hall–Kier alpha value is -1.19. The Balaban J connectivity index is 2.94. The molecular formula is C5H8N4. The van der Waals surface area contributed by atoms with Gasteiger partial charge in [-0.3, -0.25) is 5.10 Å². The monoisotopic (exact) mass is 124 g/mol. The van der Waals surface area contributed by atoms with Gasteiger partial charge in [0, 0.05) is 7.05 Å². The van der Waals surface area contributed by atoms with Gasteiger partial charge in [-0.2, -0.15) is 15.3 Å². The third kappa shape index (κ3) is 1.13. The highest BCUT2D eigenvalue weighted by atomic mass is 15.2. The highest BCUT2D eigenvalue weighted by Crippen LogP contribution is 2.13. The van der Waals surface area contributed by atoms with Crippen LogP contribution in [0.1, 0.15) is 5.69 Å². The van der Waals surface area contributed by atoms with Crippen LogP contribution in [0.2, 0.25) is 0 Å². The lowest BCUT2D eigenvalue weighted by molar-refractivity contribution is 1.04. The summed E-state index contributed by atoms with van der Waals surface area (Å²) in [5, 5.41) is 13.9. The highest BCUT2D eigenvalue weighted by Gasteiger charge is 1.94. The van der Waals surface area contributed by atoms with E-state index >= 15 is 0 Å². The largest absolute Gasteiger partial charge is 0.281 e. The first-order valence-electron chi connectivity index (χ1n) is 2.64. The molecule has 4 nitrogen and oxygen atoms in total. The van der Waals surface area contributed by atoms with Crippen LogP contribution in [0, 0.1) is 6.92 Å². The molecule has 1 aromatic heterocycles. The zero-order chi connectivity index (χ0) is 6.69. The number of azo groups is 1. The van der Waals surface area contributed by atoms with E-state index in [1.54, 1.807) is 13.2 Å². The van der Waals surface area contributed by atoms with Gasteiger partial charge in [0.05, 0.1) is 11.9 Å². The van der Waals surface area contributed by atoms with Crippen molar-refractivity contribution in [1.82, 2.24) is 10.2 Å². The number of rotatable bonds is 1. The zero-order valence-electron chi connectivity index (χ0n) is 5.42. The normalized spacial score (nSPS) is 10.9. The summed E-state index contributed by atoms with van der Waals surface area (Å²) in [6.45, 7) is 1.90. The van der Waals surface area contributed by atoms with E-state index in [9.17, 15) is 0 Å². The van der Waals surface area contributed by atoms with Gasteiger partial charge in [-0.05, 0) is 6.92 Å². The fourth-order valence-electron chi connectivity index (χ4n) is 0.553. The molecule has 0 aliphatic rings. The van der Waals surface area contributed by atoms with Crippen LogP contribution < -0.4 is 0 Å². The molecule has 0 saturated carbocycles. The lowest BCUT2D eigenvalue weighted by Gasteiger charge is -1.81. The Morgan fingerprint density at radius 3 is 2.89 bits per heavy atom. The Bertz CT molecular complexity index is 212. The van der Waals surface area contributed by atoms with Crippen molar-refractivity contribution in [3.8, 4) is 0 Å². The molecule has 1 aromatic rings. The van der Waals surface area contributed by atoms with Crippen molar-refractivity contribution in [2.45, 2.75) is 6.92 Å². The summed E-state index contributed by atoms with van der Waals surface area (Å²) in [4.78, 5) is 0. The second-order valence-electron chi connectivity index (χ2n) is 1.68. The van der Waals surface area contributed by atoms with E-state index in [1.807, 2.05) is 6.92 Å². The predicted octanol–water partition coefficient (Wildman–Crippen LogP) is 1.43. The topological polar surface area (TPSA) is 53.4 Å². The molecule has 0 atom stereocenters. The van der Waals surface area contributed by atoms with E-state index in [0.717, 1.165) is 11.4 Å². The molecule has 1 heterocycles. The Morgan fingerprint density at radius 2 is 2.44 bits per heavy atom. The molecule has 9 heavy (non-hydrogen) atoms. The van der Waals surface area contributed by atoms with Gasteiger partial charge in [-0.1, -0.05) is 0 Å². The molecule has 0 aromatic carbocycles. The van der Waals surface area contributed by atoms with Crippen LogP contribution in [0.4, 0.5) is 5.69 Å². The number of aromatic nitrogens is 2. The molecule has 0 saturated heterocycles. The highest BCUT2D eigenvalue weighted by molar-refractivity contribution is 5.36. The van der Waals surface area contributed by atoms with Crippen LogP contribution in [-0.4, -0.2) is 17.2 Å². The molecule has 4 heteroatoms. The second-order valence-corrected chi connectivity index (χ2v) is 1.68. The van der Waals surface area contributed by atoms with Crippen molar-refractivity contribution in [2.75, 3.05) is 7.05 Å². The molecule has 0 bridgehead atoms. The quantitative estimate of drug-likeness (QED) is 0.565. The molecule has 0 amide bonds. The maximum Gasteiger partial charge on any atom is 0.126 e. The summed E-state index contributed by atoms with van der Waals surface area (Å²) < 4.78 is 0. The summed E-state index contributed by atoms with van der Waals surface area (Å²) in [6, 6.07) is 0. The summed E-state index contributed by atoms with van der Waals surface area (Å²) in [5.41, 5.74) is 1.75. The molecule has 1 rings (SSSR count). The van der Waals surface area contributed by atoms with Gasteiger partial charge in [0.15, 0.2) is 0 Å². The van der Waals surface area contributed by atoms with Gasteiger partial charge in [-0.25, -0.2) is 0 Å². The van der Waals surface area contributed by atoms with Gasteiger partial charge >= 0.3 is 0 Å². The van der Waals surface area contributed by atoms with E-state index in [4.69, 9.17) is 0 Å². The second kappa shape index (κ2) is 2.39. The van der Waals surface area contributed by atoms with E-state index in [-0.39, 0.29) is 0 Å². The summed E-state index contributed by atoms with van der Waals surface area (Å²) in [5.74, 6) is 0. The van der Waals surface area contributed by atoms with Gasteiger partial charge in [0.2, 0.25) is 0 Å². The number of aryl methyl sites for hydroxylation is 1. The Labute approximate surface area is 53.0 Å². The van der Waals surface area contributed by atoms with Crippen molar-refractivity contribution in [3.63, 3.8) is 0 Å². The van der Waals surface area contributed by atoms with Gasteiger partial charge in [0.25, 0.3) is 0 Å². The average molecular weight is 124 g/mol. The smallest absolute Gasteiger partial charge is 0.126 e. The maximum absolute atomic E-state index is 3.80. The minimum Gasteiger partial charge on any atom is -0.281 e. The minimum atomic E-state index is 0.803. The predicted molar refractivity (Wildman–Crippen MR) is 33.8 cm³/mol. The number of hydrogen-bond donors (Lipinski definition) is 1. The Kier molecular flexibility index (Phi) is 1.58. The van der Waals surface area contributed by atoms with E-state index < -0.39 is 0 Å². The average Bonchev–Trinajstić information content (AvgIpc) is 2.18. The molecule has 0 aliphatic carbocycles. The van der Waals surface area contributed by atoms with Crippen LogP contribution in [0.25, 0.3) is 0 Å². The number of H-pyrrole nitrogens is 1. The standard InChI is InChI=1S/C5H8N4/c1-4-5(9-6-2)3-7-8-4/h3H,1-2H3,(H,7,8). The molecule has 48 valence electrons. The van der Waals surface area contributed by atoms with Crippen LogP contribution in [-0.2, 0) is 0 Å². The van der Waals surface area contributed by atoms with Gasteiger partial charge < -0.3 is 0 Å². The van der Waals surface area contributed by atoms with E-state index in [1.165, 1.54) is 0 Å². The molecule has 1 N–H and O–H groups in total. The molecule has 0 spiro atoms. The third-order valence-corrected chi connectivity index (χ3v) is 1.01. The van der Waals surface area contributed by atoms with Crippen molar-refractivity contribution < 1.29 is 0 Å². The fourth-order valence-corrected chi connectivity index (χ4v) is 0.553. The van der Waals surface area contributed by atoms with Crippen LogP contribution in [0.5, 0.6) is 0 Å². The van der Waals surface area contributed by atoms with Crippen LogP contribution >= 0.6 is 0 Å². The Morgan fingerprint density at radius 1 is 1.67 bits per heavy atom. The zero-order valence-corrected chi connectivity index (χ0v) is 5.42. The third-order valence-electron chi connectivity index (χ3n) is 1.01. The molecular weight excluding hydrogens is 116 g/mol. The summed E-state index contributed by atoms with van der Waals surface area (Å²) in [6.07, 6.45) is 1.64. The maximum atomic E-state index is 3.80. The molecule has 0 radical (unpaired) electrons. The van der Waals surface area contributed by atoms with Crippen LogP contribution in [0.15, 0.2) is 16.4 Å². The first-order valence-corrected chi connectivity index (χ1v) is 2.64. The first kappa shape index (κ1) is 5.94. The molecule has 0 unspecified atom stereocenters. The first-order chi connectivity index (χ1) is 4.34. The van der Waals surface area contributed by atoms with Crippen molar-refractivity contribution in [3.05, 3.63) is 11.9 Å². The SMILES string of the molecule is CN=Nc1cn[nH]c1C. The van der Waals surface area contributed by atoms with Crippen molar-refractivity contribution in [2.24, 2.45) is 10.2 Å². The van der Waals surface area contributed by atoms with Gasteiger partial charge in [-0.15, -0.1) is 0 Å². The lowest BCUT2D eigenvalue weighted by Crippen LogP contribution is -1.67. The number of nitrogens with zero attached hydrogens (tertiary/aromatic N) is 3.